The number of halogens is 5. The molecule has 0 fully saturated rings. The van der Waals surface area contributed by atoms with Gasteiger partial charge in [0, 0.05) is 0 Å². The van der Waals surface area contributed by atoms with Gasteiger partial charge in [0.1, 0.15) is 11.9 Å². The summed E-state index contributed by atoms with van der Waals surface area (Å²) in [4.78, 5) is 0.0276. The molecule has 1 atom stereocenters. The van der Waals surface area contributed by atoms with E-state index in [1.54, 1.807) is 0 Å². The third-order valence-electron chi connectivity index (χ3n) is 2.92. The fourth-order valence-corrected chi connectivity index (χ4v) is 3.39. The Balaban J connectivity index is 2.72. The van der Waals surface area contributed by atoms with Crippen LogP contribution in [0.5, 0.6) is 0 Å². The summed E-state index contributed by atoms with van der Waals surface area (Å²) in [6, 6.07) is 1.35. The Bertz CT molecular complexity index is 785. The van der Waals surface area contributed by atoms with Gasteiger partial charge in [-0.2, -0.15) is 18.3 Å². The van der Waals surface area contributed by atoms with Crippen LogP contribution < -0.4 is 5.73 Å². The van der Waals surface area contributed by atoms with Crippen LogP contribution in [0.1, 0.15) is 11.3 Å². The molecule has 0 aliphatic heterocycles. The predicted octanol–water partition coefficient (Wildman–Crippen LogP) is 3.33. The standard InChI is InChI=1S/C12H9Cl2F3N4O2S/c1-24(23)10-8(4-19-22)20-21(11(10)18)9-6(13)2-5(3-7(9)14)12(15,16)17/h2-4,22H,18H2,1H3/b19-4+. The van der Waals surface area contributed by atoms with Gasteiger partial charge in [0.15, 0.2) is 11.5 Å². The Hall–Kier alpha value is -1.62. The predicted molar refractivity (Wildman–Crippen MR) is 84.7 cm³/mol. The number of aromatic nitrogens is 2. The first-order valence-electron chi connectivity index (χ1n) is 6.04. The first-order chi connectivity index (χ1) is 11.1. The molecule has 2 rings (SSSR count). The van der Waals surface area contributed by atoms with Crippen molar-refractivity contribution in [2.24, 2.45) is 5.16 Å². The molecule has 6 nitrogen and oxygen atoms in total. The second-order valence-corrected chi connectivity index (χ2v) is 6.63. The zero-order valence-electron chi connectivity index (χ0n) is 11.8. The van der Waals surface area contributed by atoms with Crippen molar-refractivity contribution < 1.29 is 22.9 Å². The van der Waals surface area contributed by atoms with Crippen molar-refractivity contribution in [3.05, 3.63) is 33.4 Å². The second-order valence-electron chi connectivity index (χ2n) is 4.50. The maximum Gasteiger partial charge on any atom is 0.416 e. The van der Waals surface area contributed by atoms with E-state index in [1.165, 1.54) is 6.26 Å². The normalized spacial score (nSPS) is 13.6. The molecule has 0 radical (unpaired) electrons. The molecule has 1 aromatic heterocycles. The average Bonchev–Trinajstić information content (AvgIpc) is 2.74. The minimum atomic E-state index is -4.63. The van der Waals surface area contributed by atoms with Gasteiger partial charge < -0.3 is 15.5 Å². The summed E-state index contributed by atoms with van der Waals surface area (Å²) in [5.74, 6) is -0.158. The molecular weight excluding hydrogens is 392 g/mol. The van der Waals surface area contributed by atoms with Gasteiger partial charge >= 0.3 is 6.18 Å². The van der Waals surface area contributed by atoms with E-state index >= 15 is 0 Å². The van der Waals surface area contributed by atoms with E-state index in [4.69, 9.17) is 34.1 Å². The SMILES string of the molecule is C[S+]([O-])c1c(/C=N/O)nn(-c2c(Cl)cc(C(F)(F)F)cc2Cl)c1N. The fourth-order valence-electron chi connectivity index (χ4n) is 1.97. The lowest BCUT2D eigenvalue weighted by Crippen LogP contribution is -2.09. The minimum absolute atomic E-state index is 0.0276. The molecule has 0 bridgehead atoms. The summed E-state index contributed by atoms with van der Waals surface area (Å²) < 4.78 is 51.1. The lowest BCUT2D eigenvalue weighted by atomic mass is 10.2. The van der Waals surface area contributed by atoms with Crippen LogP contribution in [0.2, 0.25) is 10.0 Å². The molecule has 3 N–H and O–H groups in total. The first kappa shape index (κ1) is 18.7. The lowest BCUT2D eigenvalue weighted by Gasteiger charge is -2.13. The number of nitrogen functional groups attached to an aromatic ring is 1. The van der Waals surface area contributed by atoms with E-state index in [-0.39, 0.29) is 32.1 Å². The number of nitrogens with two attached hydrogens (primary N) is 1. The second kappa shape index (κ2) is 6.71. The fraction of sp³-hybridized carbons (Fsp3) is 0.167. The van der Waals surface area contributed by atoms with Crippen molar-refractivity contribution in [2.75, 3.05) is 12.0 Å². The number of rotatable bonds is 3. The molecule has 12 heteroatoms. The average molecular weight is 401 g/mol. The Labute approximate surface area is 146 Å². The molecular formula is C12H9Cl2F3N4O2S. The molecule has 0 saturated heterocycles. The van der Waals surface area contributed by atoms with E-state index in [2.05, 4.69) is 10.3 Å². The van der Waals surface area contributed by atoms with Crippen molar-refractivity contribution in [1.29, 1.82) is 0 Å². The number of nitrogens with zero attached hydrogens (tertiary/aromatic N) is 3. The largest absolute Gasteiger partial charge is 0.611 e. The zero-order chi connectivity index (χ0) is 18.2. The molecule has 1 aromatic carbocycles. The zero-order valence-corrected chi connectivity index (χ0v) is 14.1. The molecule has 24 heavy (non-hydrogen) atoms. The third-order valence-corrected chi connectivity index (χ3v) is 4.49. The first-order valence-corrected chi connectivity index (χ1v) is 8.35. The monoisotopic (exact) mass is 400 g/mol. The van der Waals surface area contributed by atoms with Gasteiger partial charge in [0.05, 0.1) is 21.8 Å². The van der Waals surface area contributed by atoms with E-state index < -0.39 is 22.9 Å². The maximum absolute atomic E-state index is 12.8. The summed E-state index contributed by atoms with van der Waals surface area (Å²) in [6.07, 6.45) is -2.44. The van der Waals surface area contributed by atoms with E-state index in [9.17, 15) is 17.7 Å². The molecule has 2 aromatic rings. The third kappa shape index (κ3) is 3.41. The van der Waals surface area contributed by atoms with E-state index in [0.29, 0.717) is 12.1 Å². The van der Waals surface area contributed by atoms with Crippen LogP contribution >= 0.6 is 23.2 Å². The van der Waals surface area contributed by atoms with Crippen molar-refractivity contribution in [3.63, 3.8) is 0 Å². The number of hydrogen-bond acceptors (Lipinski definition) is 5. The Kier molecular flexibility index (Phi) is 5.23. The maximum atomic E-state index is 12.8. The number of hydrogen-bond donors (Lipinski definition) is 2. The smallest absolute Gasteiger partial charge is 0.416 e. The topological polar surface area (TPSA) is 99.5 Å². The Morgan fingerprint density at radius 1 is 1.38 bits per heavy atom. The van der Waals surface area contributed by atoms with Crippen LogP contribution in [0.3, 0.4) is 0 Å². The highest BCUT2D eigenvalue weighted by Crippen LogP contribution is 2.39. The highest BCUT2D eigenvalue weighted by atomic mass is 35.5. The van der Waals surface area contributed by atoms with Crippen LogP contribution in [-0.2, 0) is 17.4 Å². The van der Waals surface area contributed by atoms with Crippen LogP contribution in [0.25, 0.3) is 5.69 Å². The van der Waals surface area contributed by atoms with Gasteiger partial charge in [0.2, 0.25) is 4.90 Å². The summed E-state index contributed by atoms with van der Waals surface area (Å²) in [5, 5.41) is 14.6. The molecule has 0 spiro atoms. The van der Waals surface area contributed by atoms with Crippen molar-refractivity contribution in [1.82, 2.24) is 9.78 Å². The molecule has 1 unspecified atom stereocenters. The summed E-state index contributed by atoms with van der Waals surface area (Å²) in [7, 11) is 0. The van der Waals surface area contributed by atoms with Gasteiger partial charge in [-0.15, -0.1) is 0 Å². The number of oxime groups is 1. The number of anilines is 1. The molecule has 1 heterocycles. The van der Waals surface area contributed by atoms with Crippen LogP contribution in [-0.4, -0.2) is 32.0 Å². The van der Waals surface area contributed by atoms with Gasteiger partial charge in [-0.25, -0.2) is 4.68 Å². The molecule has 0 amide bonds. The summed E-state index contributed by atoms with van der Waals surface area (Å²) in [6.45, 7) is 0. The van der Waals surface area contributed by atoms with Crippen LogP contribution in [0.15, 0.2) is 22.2 Å². The lowest BCUT2D eigenvalue weighted by molar-refractivity contribution is -0.137. The van der Waals surface area contributed by atoms with Gasteiger partial charge in [-0.1, -0.05) is 28.4 Å². The van der Waals surface area contributed by atoms with Crippen molar-refractivity contribution >= 4 is 46.4 Å². The molecule has 0 aliphatic rings. The minimum Gasteiger partial charge on any atom is -0.611 e. The van der Waals surface area contributed by atoms with Gasteiger partial charge in [-0.05, 0) is 23.3 Å². The molecule has 0 saturated carbocycles. The number of benzene rings is 1. The van der Waals surface area contributed by atoms with Crippen molar-refractivity contribution in [3.8, 4) is 5.69 Å². The van der Waals surface area contributed by atoms with Gasteiger partial charge in [0.25, 0.3) is 0 Å². The highest BCUT2D eigenvalue weighted by molar-refractivity contribution is 7.91. The van der Waals surface area contributed by atoms with Gasteiger partial charge in [-0.3, -0.25) is 0 Å². The van der Waals surface area contributed by atoms with E-state index in [1.807, 2.05) is 0 Å². The summed E-state index contributed by atoms with van der Waals surface area (Å²) >= 11 is 10.2. The summed E-state index contributed by atoms with van der Waals surface area (Å²) in [5.41, 5.74) is 4.66. The molecule has 0 aliphatic carbocycles. The Morgan fingerprint density at radius 2 is 1.92 bits per heavy atom. The van der Waals surface area contributed by atoms with Crippen LogP contribution in [0, 0.1) is 0 Å². The molecule has 130 valence electrons. The quantitative estimate of drug-likeness (QED) is 0.357. The number of alkyl halides is 3. The van der Waals surface area contributed by atoms with E-state index in [0.717, 1.165) is 10.9 Å². The van der Waals surface area contributed by atoms with Crippen molar-refractivity contribution in [2.45, 2.75) is 11.1 Å². The highest BCUT2D eigenvalue weighted by Gasteiger charge is 2.33. The van der Waals surface area contributed by atoms with Crippen LogP contribution in [0.4, 0.5) is 19.0 Å². The Morgan fingerprint density at radius 3 is 2.33 bits per heavy atom.